The van der Waals surface area contributed by atoms with Crippen molar-refractivity contribution in [1.82, 2.24) is 15.4 Å². The van der Waals surface area contributed by atoms with Crippen LogP contribution in [0.15, 0.2) is 78.3 Å². The van der Waals surface area contributed by atoms with Gasteiger partial charge in [0.2, 0.25) is 5.88 Å². The second kappa shape index (κ2) is 7.64. The third kappa shape index (κ3) is 4.01. The molecule has 6 nitrogen and oxygen atoms in total. The van der Waals surface area contributed by atoms with Crippen molar-refractivity contribution >= 4 is 12.1 Å². The van der Waals surface area contributed by atoms with Gasteiger partial charge in [0.25, 0.3) is 5.91 Å². The average Bonchev–Trinajstić information content (AvgIpc) is 2.64. The summed E-state index contributed by atoms with van der Waals surface area (Å²) in [5.74, 6) is 0.413. The first kappa shape index (κ1) is 15.4. The molecule has 3 aromatic rings. The topological polar surface area (TPSA) is 76.5 Å². The summed E-state index contributed by atoms with van der Waals surface area (Å²) in [5.41, 5.74) is 3.53. The van der Waals surface area contributed by atoms with Crippen LogP contribution in [0.5, 0.6) is 11.6 Å². The molecule has 1 N–H and O–H groups in total. The van der Waals surface area contributed by atoms with Gasteiger partial charge in [0, 0.05) is 24.2 Å². The Labute approximate surface area is 138 Å². The van der Waals surface area contributed by atoms with Gasteiger partial charge in [0.1, 0.15) is 11.3 Å². The Bertz CT molecular complexity index is 836. The van der Waals surface area contributed by atoms with E-state index in [0.29, 0.717) is 11.3 Å². The third-order valence-electron chi connectivity index (χ3n) is 3.04. The van der Waals surface area contributed by atoms with Gasteiger partial charge >= 0.3 is 0 Å². The predicted molar refractivity (Wildman–Crippen MR) is 90.1 cm³/mol. The summed E-state index contributed by atoms with van der Waals surface area (Å²) in [5, 5.41) is 3.92. The van der Waals surface area contributed by atoms with Crippen LogP contribution in [0.4, 0.5) is 0 Å². The van der Waals surface area contributed by atoms with E-state index in [1.807, 2.05) is 24.3 Å². The highest BCUT2D eigenvalue weighted by atomic mass is 16.5. The zero-order chi connectivity index (χ0) is 16.6. The monoisotopic (exact) mass is 318 g/mol. The minimum absolute atomic E-state index is 0.220. The number of carbonyl (C=O) groups excluding carboxylic acids is 1. The van der Waals surface area contributed by atoms with E-state index in [-0.39, 0.29) is 5.88 Å². The standard InChI is InChI=1S/C18H14N4O2/c23-17(22-21-13-14-6-4-10-19-12-14)16-9-5-11-20-18(16)24-15-7-2-1-3-8-15/h1-13H,(H,22,23). The van der Waals surface area contributed by atoms with Crippen LogP contribution in [-0.2, 0) is 0 Å². The summed E-state index contributed by atoms with van der Waals surface area (Å²) in [7, 11) is 0. The number of rotatable bonds is 5. The van der Waals surface area contributed by atoms with Gasteiger partial charge < -0.3 is 4.74 Å². The predicted octanol–water partition coefficient (Wildman–Crippen LogP) is 3.03. The molecule has 0 aliphatic rings. The molecule has 0 unspecified atom stereocenters. The van der Waals surface area contributed by atoms with E-state index < -0.39 is 5.91 Å². The van der Waals surface area contributed by atoms with Crippen molar-refractivity contribution in [3.05, 3.63) is 84.3 Å². The van der Waals surface area contributed by atoms with Gasteiger partial charge in [-0.1, -0.05) is 24.3 Å². The Hall–Kier alpha value is -3.54. The van der Waals surface area contributed by atoms with Crippen molar-refractivity contribution in [2.45, 2.75) is 0 Å². The SMILES string of the molecule is O=C(NN=Cc1cccnc1)c1cccnc1Oc1ccccc1. The van der Waals surface area contributed by atoms with E-state index in [1.54, 1.807) is 48.9 Å². The van der Waals surface area contributed by atoms with Gasteiger partial charge in [-0.25, -0.2) is 10.4 Å². The van der Waals surface area contributed by atoms with Crippen LogP contribution in [0.2, 0.25) is 0 Å². The largest absolute Gasteiger partial charge is 0.438 e. The maximum absolute atomic E-state index is 12.3. The Morgan fingerprint density at radius 2 is 1.88 bits per heavy atom. The first-order valence-corrected chi connectivity index (χ1v) is 7.24. The summed E-state index contributed by atoms with van der Waals surface area (Å²) in [6.07, 6.45) is 6.38. The summed E-state index contributed by atoms with van der Waals surface area (Å²) in [4.78, 5) is 20.4. The molecule has 0 bridgehead atoms. The highest BCUT2D eigenvalue weighted by Crippen LogP contribution is 2.22. The molecule has 0 atom stereocenters. The van der Waals surface area contributed by atoms with E-state index in [4.69, 9.17) is 4.74 Å². The van der Waals surface area contributed by atoms with Gasteiger partial charge in [-0.15, -0.1) is 0 Å². The summed E-state index contributed by atoms with van der Waals surface area (Å²) >= 11 is 0. The number of amides is 1. The van der Waals surface area contributed by atoms with Crippen LogP contribution in [0.25, 0.3) is 0 Å². The molecular weight excluding hydrogens is 304 g/mol. The van der Waals surface area contributed by atoms with Crippen LogP contribution < -0.4 is 10.2 Å². The number of benzene rings is 1. The Morgan fingerprint density at radius 3 is 2.67 bits per heavy atom. The lowest BCUT2D eigenvalue weighted by atomic mass is 10.2. The lowest BCUT2D eigenvalue weighted by Gasteiger charge is -2.08. The summed E-state index contributed by atoms with van der Waals surface area (Å²) in [6, 6.07) is 16.1. The molecule has 2 heterocycles. The highest BCUT2D eigenvalue weighted by Gasteiger charge is 2.13. The van der Waals surface area contributed by atoms with E-state index >= 15 is 0 Å². The molecule has 0 aliphatic carbocycles. The number of aromatic nitrogens is 2. The maximum atomic E-state index is 12.3. The molecule has 0 radical (unpaired) electrons. The van der Waals surface area contributed by atoms with Crippen molar-refractivity contribution in [2.75, 3.05) is 0 Å². The number of hydrazone groups is 1. The second-order valence-corrected chi connectivity index (χ2v) is 4.76. The van der Waals surface area contributed by atoms with E-state index in [0.717, 1.165) is 5.56 Å². The molecule has 0 spiro atoms. The number of carbonyl (C=O) groups is 1. The molecule has 24 heavy (non-hydrogen) atoms. The van der Waals surface area contributed by atoms with Crippen molar-refractivity contribution in [3.8, 4) is 11.6 Å². The molecule has 1 aromatic carbocycles. The molecule has 0 saturated heterocycles. The molecular formula is C18H14N4O2. The molecule has 2 aromatic heterocycles. The van der Waals surface area contributed by atoms with Gasteiger partial charge in [0.05, 0.1) is 6.21 Å². The fourth-order valence-electron chi connectivity index (χ4n) is 1.92. The number of pyridine rings is 2. The third-order valence-corrected chi connectivity index (χ3v) is 3.04. The molecule has 0 fully saturated rings. The minimum Gasteiger partial charge on any atom is -0.438 e. The summed E-state index contributed by atoms with van der Waals surface area (Å²) in [6.45, 7) is 0. The molecule has 0 saturated carbocycles. The quantitative estimate of drug-likeness (QED) is 0.579. The van der Waals surface area contributed by atoms with Gasteiger partial charge in [0.15, 0.2) is 0 Å². The van der Waals surface area contributed by atoms with Crippen molar-refractivity contribution in [3.63, 3.8) is 0 Å². The number of hydrogen-bond donors (Lipinski definition) is 1. The fourth-order valence-corrected chi connectivity index (χ4v) is 1.92. The molecule has 1 amide bonds. The fraction of sp³-hybridized carbons (Fsp3) is 0. The van der Waals surface area contributed by atoms with Crippen LogP contribution in [0.1, 0.15) is 15.9 Å². The molecule has 3 rings (SSSR count). The van der Waals surface area contributed by atoms with Crippen LogP contribution >= 0.6 is 0 Å². The maximum Gasteiger partial charge on any atom is 0.276 e. The first-order chi connectivity index (χ1) is 11.8. The van der Waals surface area contributed by atoms with Crippen molar-refractivity contribution in [2.24, 2.45) is 5.10 Å². The summed E-state index contributed by atoms with van der Waals surface area (Å²) < 4.78 is 5.66. The van der Waals surface area contributed by atoms with E-state index in [2.05, 4.69) is 20.5 Å². The first-order valence-electron chi connectivity index (χ1n) is 7.24. The highest BCUT2D eigenvalue weighted by molar-refractivity contribution is 5.96. The van der Waals surface area contributed by atoms with E-state index in [1.165, 1.54) is 6.21 Å². The number of nitrogens with one attached hydrogen (secondary N) is 1. The lowest BCUT2D eigenvalue weighted by molar-refractivity contribution is 0.0952. The number of ether oxygens (including phenoxy) is 1. The zero-order valence-corrected chi connectivity index (χ0v) is 12.7. The van der Waals surface area contributed by atoms with Crippen molar-refractivity contribution in [1.29, 1.82) is 0 Å². The van der Waals surface area contributed by atoms with Gasteiger partial charge in [-0.2, -0.15) is 5.10 Å². The smallest absolute Gasteiger partial charge is 0.276 e. The number of para-hydroxylation sites is 1. The van der Waals surface area contributed by atoms with Crippen LogP contribution in [0.3, 0.4) is 0 Å². The normalized spacial score (nSPS) is 10.5. The molecule has 118 valence electrons. The minimum atomic E-state index is -0.408. The number of nitrogens with zero attached hydrogens (tertiary/aromatic N) is 3. The zero-order valence-electron chi connectivity index (χ0n) is 12.7. The second-order valence-electron chi connectivity index (χ2n) is 4.76. The van der Waals surface area contributed by atoms with Crippen LogP contribution in [0, 0.1) is 0 Å². The molecule has 6 heteroatoms. The van der Waals surface area contributed by atoms with Gasteiger partial charge in [-0.3, -0.25) is 9.78 Å². The van der Waals surface area contributed by atoms with E-state index in [9.17, 15) is 4.79 Å². The Morgan fingerprint density at radius 1 is 1.04 bits per heavy atom. The number of hydrogen-bond acceptors (Lipinski definition) is 5. The average molecular weight is 318 g/mol. The Balaban J connectivity index is 1.72. The molecule has 0 aliphatic heterocycles. The van der Waals surface area contributed by atoms with Gasteiger partial charge in [-0.05, 0) is 30.3 Å². The Kier molecular flexibility index (Phi) is 4.89. The lowest BCUT2D eigenvalue weighted by Crippen LogP contribution is -2.18. The van der Waals surface area contributed by atoms with Crippen molar-refractivity contribution < 1.29 is 9.53 Å². The van der Waals surface area contributed by atoms with Crippen LogP contribution in [-0.4, -0.2) is 22.1 Å².